The van der Waals surface area contributed by atoms with Gasteiger partial charge in [0, 0.05) is 12.5 Å². The lowest BCUT2D eigenvalue weighted by atomic mass is 10.1. The van der Waals surface area contributed by atoms with Gasteiger partial charge in [0.05, 0.1) is 12.6 Å². The van der Waals surface area contributed by atoms with E-state index < -0.39 is 17.9 Å². The third-order valence-corrected chi connectivity index (χ3v) is 2.53. The molecular weight excluding hydrogens is 211 g/mol. The molecule has 4 nitrogen and oxygen atoms in total. The second-order valence-electron chi connectivity index (χ2n) is 5.39. The molecule has 16 heavy (non-hydrogen) atoms. The molecular formula is C11H21FN2O2. The number of ether oxygens (including phenoxy) is 1. The van der Waals surface area contributed by atoms with Gasteiger partial charge in [-0.3, -0.25) is 0 Å². The van der Waals surface area contributed by atoms with Crippen LogP contribution in [0.2, 0.25) is 0 Å². The highest BCUT2D eigenvalue weighted by Gasteiger charge is 2.39. The number of hydrogen-bond donors (Lipinski definition) is 1. The van der Waals surface area contributed by atoms with Crippen LogP contribution in [0, 0.1) is 0 Å². The first-order chi connectivity index (χ1) is 7.20. The number of hydrogen-bond acceptors (Lipinski definition) is 3. The standard InChI is InChI=1S/C11H21FN2O2/c1-7(13)9-5-8(12)6-14(9)10(15)16-11(2,3)4/h7-9H,5-6,13H2,1-4H3/t7-,8-,9+/m1/s1. The van der Waals surface area contributed by atoms with Gasteiger partial charge in [0.2, 0.25) is 0 Å². The van der Waals surface area contributed by atoms with Crippen molar-refractivity contribution in [2.24, 2.45) is 5.73 Å². The molecule has 1 fully saturated rings. The third-order valence-electron chi connectivity index (χ3n) is 2.53. The Kier molecular flexibility index (Phi) is 3.78. The van der Waals surface area contributed by atoms with Crippen LogP contribution in [0.15, 0.2) is 0 Å². The lowest BCUT2D eigenvalue weighted by Gasteiger charge is -2.29. The Bertz CT molecular complexity index is 263. The molecule has 0 bridgehead atoms. The molecule has 2 N–H and O–H groups in total. The van der Waals surface area contributed by atoms with E-state index in [1.54, 1.807) is 27.7 Å². The largest absolute Gasteiger partial charge is 0.444 e. The van der Waals surface area contributed by atoms with E-state index in [2.05, 4.69) is 0 Å². The molecule has 0 spiro atoms. The van der Waals surface area contributed by atoms with Crippen LogP contribution >= 0.6 is 0 Å². The van der Waals surface area contributed by atoms with Gasteiger partial charge in [-0.25, -0.2) is 9.18 Å². The van der Waals surface area contributed by atoms with E-state index in [0.29, 0.717) is 6.42 Å². The number of carbonyl (C=O) groups excluding carboxylic acids is 1. The van der Waals surface area contributed by atoms with Crippen LogP contribution in [-0.4, -0.2) is 41.4 Å². The van der Waals surface area contributed by atoms with E-state index in [1.165, 1.54) is 4.90 Å². The van der Waals surface area contributed by atoms with Gasteiger partial charge in [-0.05, 0) is 27.7 Å². The second kappa shape index (κ2) is 4.57. The Balaban J connectivity index is 2.67. The van der Waals surface area contributed by atoms with Crippen LogP contribution in [0.4, 0.5) is 9.18 Å². The van der Waals surface area contributed by atoms with Crippen molar-refractivity contribution >= 4 is 6.09 Å². The molecule has 3 atom stereocenters. The summed E-state index contributed by atoms with van der Waals surface area (Å²) in [5.41, 5.74) is 5.17. The Morgan fingerprint density at radius 1 is 1.56 bits per heavy atom. The summed E-state index contributed by atoms with van der Waals surface area (Å²) in [6.45, 7) is 7.22. The van der Waals surface area contributed by atoms with Crippen LogP contribution in [-0.2, 0) is 4.74 Å². The first-order valence-electron chi connectivity index (χ1n) is 5.60. The second-order valence-corrected chi connectivity index (χ2v) is 5.39. The molecule has 0 unspecified atom stereocenters. The summed E-state index contributed by atoms with van der Waals surface area (Å²) < 4.78 is 18.5. The minimum Gasteiger partial charge on any atom is -0.444 e. The van der Waals surface area contributed by atoms with Crippen molar-refractivity contribution in [3.05, 3.63) is 0 Å². The quantitative estimate of drug-likeness (QED) is 0.748. The van der Waals surface area contributed by atoms with Gasteiger partial charge in [0.25, 0.3) is 0 Å². The molecule has 0 aromatic carbocycles. The normalized spacial score (nSPS) is 28.0. The third kappa shape index (κ3) is 3.33. The summed E-state index contributed by atoms with van der Waals surface area (Å²) in [6, 6.07) is -0.502. The maximum absolute atomic E-state index is 13.3. The molecule has 0 radical (unpaired) electrons. The summed E-state index contributed by atoms with van der Waals surface area (Å²) in [6.07, 6.45) is -1.17. The highest BCUT2D eigenvalue weighted by molar-refractivity contribution is 5.69. The fourth-order valence-electron chi connectivity index (χ4n) is 1.84. The minimum atomic E-state index is -0.997. The fraction of sp³-hybridized carbons (Fsp3) is 0.909. The summed E-state index contributed by atoms with van der Waals surface area (Å²) in [4.78, 5) is 13.2. The molecule has 5 heteroatoms. The van der Waals surface area contributed by atoms with Gasteiger partial charge in [-0.15, -0.1) is 0 Å². The van der Waals surface area contributed by atoms with Gasteiger partial charge in [0.1, 0.15) is 11.8 Å². The van der Waals surface area contributed by atoms with Crippen molar-refractivity contribution < 1.29 is 13.9 Å². The molecule has 0 aromatic rings. The number of alkyl halides is 1. The van der Waals surface area contributed by atoms with Gasteiger partial charge in [0.15, 0.2) is 0 Å². The van der Waals surface area contributed by atoms with Crippen molar-refractivity contribution in [1.29, 1.82) is 0 Å². The first kappa shape index (κ1) is 13.2. The number of carbonyl (C=O) groups is 1. The Morgan fingerprint density at radius 2 is 2.12 bits per heavy atom. The molecule has 1 aliphatic rings. The van der Waals surface area contributed by atoms with Crippen molar-refractivity contribution in [3.63, 3.8) is 0 Å². The summed E-state index contributed by atoms with van der Waals surface area (Å²) >= 11 is 0. The van der Waals surface area contributed by atoms with Crippen molar-refractivity contribution in [2.45, 2.75) is 58.0 Å². The molecule has 0 saturated carbocycles. The van der Waals surface area contributed by atoms with Crippen LogP contribution in [0.5, 0.6) is 0 Å². The van der Waals surface area contributed by atoms with Gasteiger partial charge in [-0.2, -0.15) is 0 Å². The van der Waals surface area contributed by atoms with E-state index in [0.717, 1.165) is 0 Å². The van der Waals surface area contributed by atoms with Gasteiger partial charge in [-0.1, -0.05) is 0 Å². The van der Waals surface area contributed by atoms with Crippen LogP contribution in [0.25, 0.3) is 0 Å². The molecule has 1 rings (SSSR count). The Morgan fingerprint density at radius 3 is 2.56 bits per heavy atom. The number of amides is 1. The zero-order chi connectivity index (χ0) is 12.5. The van der Waals surface area contributed by atoms with Crippen LogP contribution < -0.4 is 5.73 Å². The van der Waals surface area contributed by atoms with E-state index in [4.69, 9.17) is 10.5 Å². The number of nitrogens with two attached hydrogens (primary N) is 1. The van der Waals surface area contributed by atoms with Crippen LogP contribution in [0.3, 0.4) is 0 Å². The number of halogens is 1. The number of likely N-dealkylation sites (tertiary alicyclic amines) is 1. The van der Waals surface area contributed by atoms with Gasteiger partial charge >= 0.3 is 6.09 Å². The molecule has 0 aliphatic carbocycles. The zero-order valence-electron chi connectivity index (χ0n) is 10.4. The fourth-order valence-corrected chi connectivity index (χ4v) is 1.84. The SMILES string of the molecule is C[C@@H](N)[C@@H]1C[C@@H](F)CN1C(=O)OC(C)(C)C. The van der Waals surface area contributed by atoms with Crippen molar-refractivity contribution in [3.8, 4) is 0 Å². The van der Waals surface area contributed by atoms with Gasteiger partial charge < -0.3 is 15.4 Å². The average Bonchev–Trinajstić information content (AvgIpc) is 2.44. The highest BCUT2D eigenvalue weighted by Crippen LogP contribution is 2.24. The predicted octanol–water partition coefficient (Wildman–Crippen LogP) is 1.68. The van der Waals surface area contributed by atoms with E-state index in [9.17, 15) is 9.18 Å². The van der Waals surface area contributed by atoms with E-state index >= 15 is 0 Å². The zero-order valence-corrected chi connectivity index (χ0v) is 10.4. The topological polar surface area (TPSA) is 55.6 Å². The van der Waals surface area contributed by atoms with E-state index in [1.807, 2.05) is 0 Å². The lowest BCUT2D eigenvalue weighted by Crippen LogP contribution is -2.47. The van der Waals surface area contributed by atoms with Crippen molar-refractivity contribution in [2.75, 3.05) is 6.54 Å². The summed E-state index contributed by atoms with van der Waals surface area (Å²) in [7, 11) is 0. The lowest BCUT2D eigenvalue weighted by molar-refractivity contribution is 0.0203. The Hall–Kier alpha value is -0.840. The van der Waals surface area contributed by atoms with Crippen molar-refractivity contribution in [1.82, 2.24) is 4.90 Å². The molecule has 1 saturated heterocycles. The summed E-state index contributed by atoms with van der Waals surface area (Å²) in [5, 5.41) is 0. The van der Waals surface area contributed by atoms with Crippen LogP contribution in [0.1, 0.15) is 34.1 Å². The molecule has 0 aromatic heterocycles. The highest BCUT2D eigenvalue weighted by atomic mass is 19.1. The molecule has 1 amide bonds. The monoisotopic (exact) mass is 232 g/mol. The molecule has 1 aliphatic heterocycles. The average molecular weight is 232 g/mol. The predicted molar refractivity (Wildman–Crippen MR) is 59.9 cm³/mol. The summed E-state index contributed by atoms with van der Waals surface area (Å²) in [5.74, 6) is 0. The molecule has 1 heterocycles. The maximum atomic E-state index is 13.3. The first-order valence-corrected chi connectivity index (χ1v) is 5.60. The minimum absolute atomic E-state index is 0.0844. The van der Waals surface area contributed by atoms with E-state index in [-0.39, 0.29) is 18.6 Å². The maximum Gasteiger partial charge on any atom is 0.410 e. The smallest absolute Gasteiger partial charge is 0.410 e. The Labute approximate surface area is 95.9 Å². The molecule has 94 valence electrons. The number of nitrogens with zero attached hydrogens (tertiary/aromatic N) is 1. The number of rotatable bonds is 1.